The molecule has 2 aliphatic heterocycles. The van der Waals surface area contributed by atoms with Crippen molar-refractivity contribution >= 4 is 11.9 Å². The molecule has 4 rings (SSSR count). The van der Waals surface area contributed by atoms with Crippen molar-refractivity contribution in [2.75, 3.05) is 39.5 Å². The number of unbranched alkanes of at least 4 members (excludes halogenated alkanes) is 2. The van der Waals surface area contributed by atoms with Crippen LogP contribution in [-0.2, 0) is 16.0 Å². The maximum absolute atomic E-state index is 13.5. The second-order valence-electron chi connectivity index (χ2n) is 10.0. The van der Waals surface area contributed by atoms with Gasteiger partial charge in [0.1, 0.15) is 6.33 Å². The number of fused-ring (bicyclic) bond motifs is 1. The van der Waals surface area contributed by atoms with Gasteiger partial charge in [-0.3, -0.25) is 14.5 Å². The molecule has 10 heteroatoms. The minimum absolute atomic E-state index is 0.0398. The highest BCUT2D eigenvalue weighted by Crippen LogP contribution is 2.43. The van der Waals surface area contributed by atoms with Crippen LogP contribution in [0.2, 0.25) is 0 Å². The average molecular weight is 526 g/mol. The topological polar surface area (TPSA) is 131 Å². The van der Waals surface area contributed by atoms with Gasteiger partial charge in [0.05, 0.1) is 12.5 Å². The molecule has 0 saturated carbocycles. The molecule has 1 amide bonds. The zero-order chi connectivity index (χ0) is 26.9. The molecule has 10 nitrogen and oxygen atoms in total. The molecule has 1 aromatic heterocycles. The standard InChI is InChI=1S/C28H39N5O5/c1-2-3-13-32(14-5-4-11-29)26(34)17-33-16-22(20-6-9-24-25(15-20)38-19-37-24)27(28(35)36)23(33)8-7-21-10-12-30-18-31-21/h6,9-10,12,15,18,22-23,27H,2-5,7-8,11,13-14,16-17,19,29H2,1H3,(H,35,36)/t22-,23+,27-/m1/s1. The highest BCUT2D eigenvalue weighted by Gasteiger charge is 2.47. The van der Waals surface area contributed by atoms with Crippen molar-refractivity contribution in [3.8, 4) is 11.5 Å². The van der Waals surface area contributed by atoms with E-state index in [1.54, 1.807) is 6.20 Å². The lowest BCUT2D eigenvalue weighted by atomic mass is 9.83. The Morgan fingerprint density at radius 2 is 1.97 bits per heavy atom. The molecule has 0 radical (unpaired) electrons. The summed E-state index contributed by atoms with van der Waals surface area (Å²) in [5, 5.41) is 10.4. The SMILES string of the molecule is CCCCN(CCCCN)C(=O)CN1C[C@H](c2ccc3c(c2)OCO3)[C@@H](C(=O)O)[C@@H]1CCc1ccncn1. The minimum atomic E-state index is -0.860. The first-order chi connectivity index (χ1) is 18.5. The Morgan fingerprint density at radius 1 is 1.16 bits per heavy atom. The lowest BCUT2D eigenvalue weighted by Crippen LogP contribution is -2.45. The molecule has 1 saturated heterocycles. The second-order valence-corrected chi connectivity index (χ2v) is 10.0. The van der Waals surface area contributed by atoms with E-state index < -0.39 is 11.9 Å². The van der Waals surface area contributed by atoms with Crippen LogP contribution < -0.4 is 15.2 Å². The summed E-state index contributed by atoms with van der Waals surface area (Å²) in [6.07, 6.45) is 8.03. The Labute approximate surface area is 224 Å². The van der Waals surface area contributed by atoms with Crippen LogP contribution in [-0.4, -0.2) is 82.3 Å². The van der Waals surface area contributed by atoms with Crippen LogP contribution in [0.1, 0.15) is 56.2 Å². The summed E-state index contributed by atoms with van der Waals surface area (Å²) in [4.78, 5) is 38.5. The van der Waals surface area contributed by atoms with Crippen molar-refractivity contribution in [3.05, 3.63) is 48.0 Å². The Kier molecular flexibility index (Phi) is 9.89. The smallest absolute Gasteiger partial charge is 0.308 e. The molecule has 0 spiro atoms. The van der Waals surface area contributed by atoms with Gasteiger partial charge in [0.15, 0.2) is 11.5 Å². The number of carboxylic acids is 1. The zero-order valence-corrected chi connectivity index (χ0v) is 22.1. The normalized spacial score (nSPS) is 20.5. The summed E-state index contributed by atoms with van der Waals surface area (Å²) in [7, 11) is 0. The number of nitrogens with two attached hydrogens (primary N) is 1. The van der Waals surface area contributed by atoms with E-state index in [9.17, 15) is 14.7 Å². The monoisotopic (exact) mass is 525 g/mol. The quantitative estimate of drug-likeness (QED) is 0.357. The molecule has 206 valence electrons. The number of ether oxygens (including phenoxy) is 2. The van der Waals surface area contributed by atoms with E-state index in [0.717, 1.165) is 36.9 Å². The van der Waals surface area contributed by atoms with Gasteiger partial charge < -0.3 is 25.2 Å². The van der Waals surface area contributed by atoms with Crippen molar-refractivity contribution in [2.24, 2.45) is 11.7 Å². The molecule has 2 aliphatic rings. The van der Waals surface area contributed by atoms with E-state index in [1.165, 1.54) is 6.33 Å². The Hall–Kier alpha value is -3.24. The molecule has 38 heavy (non-hydrogen) atoms. The van der Waals surface area contributed by atoms with Gasteiger partial charge in [-0.25, -0.2) is 9.97 Å². The number of carbonyl (C=O) groups excluding carboxylic acids is 1. The summed E-state index contributed by atoms with van der Waals surface area (Å²) in [5.74, 6) is -0.490. The van der Waals surface area contributed by atoms with E-state index in [0.29, 0.717) is 50.5 Å². The molecule has 0 aliphatic carbocycles. The molecule has 3 atom stereocenters. The van der Waals surface area contributed by atoms with E-state index in [-0.39, 0.29) is 31.2 Å². The van der Waals surface area contributed by atoms with Crippen molar-refractivity contribution in [2.45, 2.75) is 57.4 Å². The first-order valence-electron chi connectivity index (χ1n) is 13.6. The molecule has 2 aromatic rings. The molecule has 0 bridgehead atoms. The third-order valence-corrected chi connectivity index (χ3v) is 7.55. The molecule has 0 unspecified atom stereocenters. The van der Waals surface area contributed by atoms with E-state index in [2.05, 4.69) is 21.8 Å². The molecule has 1 fully saturated rings. The number of rotatable bonds is 14. The van der Waals surface area contributed by atoms with Crippen molar-refractivity contribution < 1.29 is 24.2 Å². The number of amides is 1. The highest BCUT2D eigenvalue weighted by molar-refractivity contribution is 5.79. The fraction of sp³-hybridized carbons (Fsp3) is 0.571. The van der Waals surface area contributed by atoms with Crippen LogP contribution >= 0.6 is 0 Å². The number of benzene rings is 1. The number of likely N-dealkylation sites (tertiary alicyclic amines) is 1. The van der Waals surface area contributed by atoms with Gasteiger partial charge in [-0.1, -0.05) is 19.4 Å². The van der Waals surface area contributed by atoms with E-state index >= 15 is 0 Å². The first-order valence-corrected chi connectivity index (χ1v) is 13.6. The molecule has 3 heterocycles. The number of hydrogen-bond acceptors (Lipinski definition) is 8. The number of carboxylic acid groups (broad SMARTS) is 1. The van der Waals surface area contributed by atoms with Gasteiger partial charge >= 0.3 is 5.97 Å². The third kappa shape index (κ3) is 6.79. The second kappa shape index (κ2) is 13.5. The molecular weight excluding hydrogens is 486 g/mol. The predicted molar refractivity (Wildman–Crippen MR) is 142 cm³/mol. The molecular formula is C28H39N5O5. The van der Waals surface area contributed by atoms with Gasteiger partial charge in [0, 0.05) is 43.5 Å². The fourth-order valence-electron chi connectivity index (χ4n) is 5.53. The van der Waals surface area contributed by atoms with Gasteiger partial charge in [0.2, 0.25) is 12.7 Å². The number of aliphatic carboxylic acids is 1. The number of nitrogens with zero attached hydrogens (tertiary/aromatic N) is 4. The van der Waals surface area contributed by atoms with Crippen LogP contribution in [0.5, 0.6) is 11.5 Å². The molecule has 3 N–H and O–H groups in total. The Bertz CT molecular complexity index is 1070. The maximum Gasteiger partial charge on any atom is 0.308 e. The Balaban J connectivity index is 1.57. The van der Waals surface area contributed by atoms with Gasteiger partial charge in [-0.2, -0.15) is 0 Å². The minimum Gasteiger partial charge on any atom is -0.481 e. The summed E-state index contributed by atoms with van der Waals surface area (Å²) < 4.78 is 11.0. The Morgan fingerprint density at radius 3 is 2.71 bits per heavy atom. The van der Waals surface area contributed by atoms with Crippen LogP contribution in [0.3, 0.4) is 0 Å². The van der Waals surface area contributed by atoms with Crippen molar-refractivity contribution in [1.82, 2.24) is 19.8 Å². The highest BCUT2D eigenvalue weighted by atomic mass is 16.7. The van der Waals surface area contributed by atoms with Crippen molar-refractivity contribution in [3.63, 3.8) is 0 Å². The zero-order valence-electron chi connectivity index (χ0n) is 22.1. The van der Waals surface area contributed by atoms with Gasteiger partial charge in [0.25, 0.3) is 0 Å². The predicted octanol–water partition coefficient (Wildman–Crippen LogP) is 2.67. The number of aryl methyl sites for hydroxylation is 1. The number of carbonyl (C=O) groups is 2. The summed E-state index contributed by atoms with van der Waals surface area (Å²) in [6.45, 7) is 4.90. The average Bonchev–Trinajstić information content (AvgIpc) is 3.54. The van der Waals surface area contributed by atoms with Crippen molar-refractivity contribution in [1.29, 1.82) is 0 Å². The fourth-order valence-corrected chi connectivity index (χ4v) is 5.53. The summed E-state index contributed by atoms with van der Waals surface area (Å²) >= 11 is 0. The number of hydrogen-bond donors (Lipinski definition) is 2. The summed E-state index contributed by atoms with van der Waals surface area (Å²) in [6, 6.07) is 7.17. The lowest BCUT2D eigenvalue weighted by Gasteiger charge is -2.29. The number of aromatic nitrogens is 2. The van der Waals surface area contributed by atoms with Crippen LogP contribution in [0.25, 0.3) is 0 Å². The molecule has 1 aromatic carbocycles. The maximum atomic E-state index is 13.5. The first kappa shape index (κ1) is 27.8. The van der Waals surface area contributed by atoms with Gasteiger partial charge in [-0.05, 0) is 62.4 Å². The third-order valence-electron chi connectivity index (χ3n) is 7.55. The van der Waals surface area contributed by atoms with E-state index in [1.807, 2.05) is 29.2 Å². The summed E-state index contributed by atoms with van der Waals surface area (Å²) in [5.41, 5.74) is 7.42. The van der Waals surface area contributed by atoms with Gasteiger partial charge in [-0.15, -0.1) is 0 Å². The van der Waals surface area contributed by atoms with E-state index in [4.69, 9.17) is 15.2 Å². The van der Waals surface area contributed by atoms with Crippen LogP contribution in [0.4, 0.5) is 0 Å². The van der Waals surface area contributed by atoms with Crippen LogP contribution in [0.15, 0.2) is 36.8 Å². The van der Waals surface area contributed by atoms with Crippen LogP contribution in [0, 0.1) is 5.92 Å². The largest absolute Gasteiger partial charge is 0.481 e. The lowest BCUT2D eigenvalue weighted by molar-refractivity contribution is -0.143.